The molecule has 0 fully saturated rings. The molecule has 2 aromatic carbocycles. The van der Waals surface area contributed by atoms with E-state index >= 15 is 0 Å². The molecule has 164 valence electrons. The van der Waals surface area contributed by atoms with E-state index in [4.69, 9.17) is 9.40 Å². The van der Waals surface area contributed by atoms with Crippen LogP contribution in [0.3, 0.4) is 0 Å². The zero-order valence-corrected chi connectivity index (χ0v) is 21.8. The minimum Gasteiger partial charge on any atom is -0.458 e. The first kappa shape index (κ1) is 21.3. The second-order valence-electron chi connectivity index (χ2n) is 11.0. The van der Waals surface area contributed by atoms with E-state index in [0.717, 1.165) is 33.7 Å². The molecule has 0 N–H and O–H groups in total. The van der Waals surface area contributed by atoms with Crippen molar-refractivity contribution >= 4 is 55.9 Å². The number of hydrogen-bond acceptors (Lipinski definition) is 4. The molecule has 0 spiro atoms. The molecule has 0 saturated heterocycles. The van der Waals surface area contributed by atoms with Gasteiger partial charge in [0.05, 0.1) is 23.2 Å². The highest BCUT2D eigenvalue weighted by Crippen LogP contribution is 2.42. The van der Waals surface area contributed by atoms with E-state index in [0.29, 0.717) is 0 Å². The molecule has 0 aliphatic heterocycles. The van der Waals surface area contributed by atoms with Gasteiger partial charge in [0.25, 0.3) is 0 Å². The standard InChI is InChI=1S/C27H30N2OSSi/c1-16-20(14-27(2,3)4)30-24-23-26(31-25(16)24)22(28-15-29-23)18-12-17-10-8-9-11-19(17)21(13-18)32(5,6)7/h8-13,15H,14H2,1-7H3. The molecule has 0 aliphatic carbocycles. The number of aromatic nitrogens is 2. The Hall–Kier alpha value is -2.50. The lowest BCUT2D eigenvalue weighted by molar-refractivity contribution is 0.369. The first-order chi connectivity index (χ1) is 15.0. The summed E-state index contributed by atoms with van der Waals surface area (Å²) in [5.74, 6) is 1.08. The fraction of sp³-hybridized carbons (Fsp3) is 0.333. The first-order valence-electron chi connectivity index (χ1n) is 11.2. The van der Waals surface area contributed by atoms with Gasteiger partial charge in [-0.2, -0.15) is 0 Å². The Morgan fingerprint density at radius 2 is 1.75 bits per heavy atom. The normalized spacial score (nSPS) is 13.0. The van der Waals surface area contributed by atoms with Gasteiger partial charge in [0.15, 0.2) is 5.58 Å². The third-order valence-electron chi connectivity index (χ3n) is 6.05. The third kappa shape index (κ3) is 3.57. The van der Waals surface area contributed by atoms with Crippen LogP contribution in [-0.4, -0.2) is 18.0 Å². The smallest absolute Gasteiger partial charge is 0.171 e. The van der Waals surface area contributed by atoms with Gasteiger partial charge in [0.1, 0.15) is 17.6 Å². The number of thiophene rings is 1. The monoisotopic (exact) mass is 458 g/mol. The van der Waals surface area contributed by atoms with Crippen molar-refractivity contribution in [2.24, 2.45) is 5.41 Å². The Bertz CT molecular complexity index is 1480. The number of hydrogen-bond donors (Lipinski definition) is 0. The molecule has 0 aliphatic rings. The molecule has 0 radical (unpaired) electrons. The molecule has 32 heavy (non-hydrogen) atoms. The quantitative estimate of drug-likeness (QED) is 0.260. The van der Waals surface area contributed by atoms with Crippen molar-refractivity contribution in [2.45, 2.75) is 53.8 Å². The van der Waals surface area contributed by atoms with Gasteiger partial charge >= 0.3 is 0 Å². The molecule has 5 aromatic rings. The molecule has 5 rings (SSSR count). The first-order valence-corrected chi connectivity index (χ1v) is 15.5. The van der Waals surface area contributed by atoms with Crippen molar-refractivity contribution in [1.82, 2.24) is 9.97 Å². The van der Waals surface area contributed by atoms with Crippen molar-refractivity contribution in [3.63, 3.8) is 0 Å². The highest BCUT2D eigenvalue weighted by Gasteiger charge is 2.25. The lowest BCUT2D eigenvalue weighted by Crippen LogP contribution is -2.38. The van der Waals surface area contributed by atoms with Crippen molar-refractivity contribution in [2.75, 3.05) is 0 Å². The maximum atomic E-state index is 6.39. The summed E-state index contributed by atoms with van der Waals surface area (Å²) in [4.78, 5) is 9.42. The molecular formula is C27H30N2OSSi. The third-order valence-corrected chi connectivity index (χ3v) is 9.36. The van der Waals surface area contributed by atoms with E-state index in [2.05, 4.69) is 88.7 Å². The van der Waals surface area contributed by atoms with Gasteiger partial charge < -0.3 is 4.42 Å². The van der Waals surface area contributed by atoms with Crippen LogP contribution in [0, 0.1) is 12.3 Å². The molecule has 5 heteroatoms. The summed E-state index contributed by atoms with van der Waals surface area (Å²) in [6, 6.07) is 13.4. The lowest BCUT2D eigenvalue weighted by atomic mass is 9.90. The van der Waals surface area contributed by atoms with E-state index in [-0.39, 0.29) is 5.41 Å². The van der Waals surface area contributed by atoms with Gasteiger partial charge in [-0.3, -0.25) is 0 Å². The molecule has 3 heterocycles. The minimum absolute atomic E-state index is 0.180. The van der Waals surface area contributed by atoms with Crippen LogP contribution < -0.4 is 5.19 Å². The van der Waals surface area contributed by atoms with Crippen LogP contribution >= 0.6 is 11.3 Å². The largest absolute Gasteiger partial charge is 0.458 e. The van der Waals surface area contributed by atoms with Crippen LogP contribution in [-0.2, 0) is 6.42 Å². The predicted octanol–water partition coefficient (Wildman–Crippen LogP) is 7.70. The summed E-state index contributed by atoms with van der Waals surface area (Å²) in [5, 5.41) is 4.11. The van der Waals surface area contributed by atoms with E-state index in [1.807, 2.05) is 0 Å². The number of nitrogens with zero attached hydrogens (tertiary/aromatic N) is 2. The predicted molar refractivity (Wildman–Crippen MR) is 141 cm³/mol. The molecule has 0 atom stereocenters. The Balaban J connectivity index is 1.75. The number of fused-ring (bicyclic) bond motifs is 4. The van der Waals surface area contributed by atoms with Crippen LogP contribution in [0.25, 0.3) is 42.5 Å². The van der Waals surface area contributed by atoms with E-state index in [1.54, 1.807) is 17.7 Å². The van der Waals surface area contributed by atoms with Gasteiger partial charge in [-0.15, -0.1) is 11.3 Å². The fourth-order valence-electron chi connectivity index (χ4n) is 4.48. The number of furan rings is 1. The summed E-state index contributed by atoms with van der Waals surface area (Å²) in [6.45, 7) is 16.1. The van der Waals surface area contributed by atoms with E-state index in [9.17, 15) is 0 Å². The maximum Gasteiger partial charge on any atom is 0.171 e. The Morgan fingerprint density at radius 3 is 2.47 bits per heavy atom. The van der Waals surface area contributed by atoms with Crippen molar-refractivity contribution in [3.05, 3.63) is 54.0 Å². The lowest BCUT2D eigenvalue weighted by Gasteiger charge is -2.21. The maximum absolute atomic E-state index is 6.39. The molecule has 0 unspecified atom stereocenters. The van der Waals surface area contributed by atoms with E-state index < -0.39 is 8.07 Å². The summed E-state index contributed by atoms with van der Waals surface area (Å²) in [6.07, 6.45) is 2.61. The number of benzene rings is 2. The summed E-state index contributed by atoms with van der Waals surface area (Å²) in [5.41, 5.74) is 5.44. The van der Waals surface area contributed by atoms with Crippen molar-refractivity contribution in [1.29, 1.82) is 0 Å². The summed E-state index contributed by atoms with van der Waals surface area (Å²) >= 11 is 1.77. The van der Waals surface area contributed by atoms with E-state index in [1.165, 1.54) is 31.8 Å². The van der Waals surface area contributed by atoms with Crippen LogP contribution in [0.2, 0.25) is 19.6 Å². The van der Waals surface area contributed by atoms with Crippen LogP contribution in [0.5, 0.6) is 0 Å². The van der Waals surface area contributed by atoms with Crippen molar-refractivity contribution in [3.8, 4) is 11.3 Å². The number of aryl methyl sites for hydroxylation is 1. The average molecular weight is 459 g/mol. The molecule has 0 bridgehead atoms. The van der Waals surface area contributed by atoms with Gasteiger partial charge in [0, 0.05) is 17.5 Å². The van der Waals surface area contributed by atoms with Gasteiger partial charge in [0.2, 0.25) is 0 Å². The van der Waals surface area contributed by atoms with Gasteiger partial charge in [-0.25, -0.2) is 9.97 Å². The Kier molecular flexibility index (Phi) is 4.84. The molecule has 0 saturated carbocycles. The Labute approximate surface area is 194 Å². The summed E-state index contributed by atoms with van der Waals surface area (Å²) in [7, 11) is -1.55. The zero-order valence-electron chi connectivity index (χ0n) is 20.0. The van der Waals surface area contributed by atoms with Crippen molar-refractivity contribution < 1.29 is 4.42 Å². The molecular weight excluding hydrogens is 428 g/mol. The molecule has 3 nitrogen and oxygen atoms in total. The highest BCUT2D eigenvalue weighted by atomic mass is 32.1. The SMILES string of the molecule is Cc1c(CC(C)(C)C)oc2c1sc1c(-c3cc([Si](C)(C)C)c4ccccc4c3)ncnc12. The van der Waals surface area contributed by atoms with Gasteiger partial charge in [-0.1, -0.05) is 75.9 Å². The second kappa shape index (κ2) is 7.25. The minimum atomic E-state index is -1.55. The number of rotatable bonds is 3. The zero-order chi connectivity index (χ0) is 22.8. The average Bonchev–Trinajstić information content (AvgIpc) is 3.22. The topological polar surface area (TPSA) is 38.9 Å². The Morgan fingerprint density at radius 1 is 1.00 bits per heavy atom. The highest BCUT2D eigenvalue weighted by molar-refractivity contribution is 7.26. The fourth-order valence-corrected chi connectivity index (χ4v) is 7.32. The molecule has 3 aromatic heterocycles. The van der Waals surface area contributed by atoms with Crippen LogP contribution in [0.15, 0.2) is 47.1 Å². The second-order valence-corrected chi connectivity index (χ2v) is 17.1. The van der Waals surface area contributed by atoms with Crippen LogP contribution in [0.1, 0.15) is 32.1 Å². The van der Waals surface area contributed by atoms with Crippen LogP contribution in [0.4, 0.5) is 0 Å². The summed E-state index contributed by atoms with van der Waals surface area (Å²) < 4.78 is 8.71. The van der Waals surface area contributed by atoms with Gasteiger partial charge in [-0.05, 0) is 29.2 Å². The molecule has 0 amide bonds.